The van der Waals surface area contributed by atoms with Crippen molar-refractivity contribution in [2.24, 2.45) is 0 Å². The number of aryl methyl sites for hydroxylation is 1. The van der Waals surface area contributed by atoms with Gasteiger partial charge in [-0.05, 0) is 49.4 Å². The van der Waals surface area contributed by atoms with E-state index < -0.39 is 11.6 Å². The van der Waals surface area contributed by atoms with Crippen molar-refractivity contribution in [2.45, 2.75) is 13.5 Å². The van der Waals surface area contributed by atoms with Gasteiger partial charge in [-0.25, -0.2) is 14.6 Å². The van der Waals surface area contributed by atoms with Gasteiger partial charge in [0.1, 0.15) is 23.8 Å². The van der Waals surface area contributed by atoms with Gasteiger partial charge in [-0.15, -0.1) is 0 Å². The van der Waals surface area contributed by atoms with Crippen molar-refractivity contribution < 1.29 is 18.7 Å². The Bertz CT molecular complexity index is 1550. The van der Waals surface area contributed by atoms with Crippen molar-refractivity contribution in [2.75, 3.05) is 7.11 Å². The van der Waals surface area contributed by atoms with Crippen LogP contribution in [0.15, 0.2) is 82.0 Å². The molecule has 0 saturated carbocycles. The van der Waals surface area contributed by atoms with Crippen molar-refractivity contribution in [3.8, 4) is 11.4 Å². The molecule has 0 bridgehead atoms. The molecule has 164 valence electrons. The molecule has 0 aliphatic rings. The lowest BCUT2D eigenvalue weighted by atomic mass is 10.1. The maximum absolute atomic E-state index is 12.8. The van der Waals surface area contributed by atoms with Crippen molar-refractivity contribution in [3.63, 3.8) is 0 Å². The molecule has 0 saturated heterocycles. The number of hydrogen-bond donors (Lipinski definition) is 0. The number of esters is 1. The number of rotatable bonds is 5. The lowest BCUT2D eigenvalue weighted by Gasteiger charge is -2.09. The molecular formula is C26H20N2O5. The van der Waals surface area contributed by atoms with Gasteiger partial charge in [0, 0.05) is 28.8 Å². The van der Waals surface area contributed by atoms with E-state index in [-0.39, 0.29) is 6.61 Å². The second-order valence-corrected chi connectivity index (χ2v) is 7.56. The van der Waals surface area contributed by atoms with Crippen LogP contribution < -0.4 is 10.4 Å². The fourth-order valence-electron chi connectivity index (χ4n) is 3.91. The van der Waals surface area contributed by atoms with Crippen LogP contribution in [0.2, 0.25) is 0 Å². The monoisotopic (exact) mass is 440 g/mol. The highest BCUT2D eigenvalue weighted by Crippen LogP contribution is 2.25. The predicted octanol–water partition coefficient (Wildman–Crippen LogP) is 4.81. The highest BCUT2D eigenvalue weighted by Gasteiger charge is 2.15. The Balaban J connectivity index is 1.42. The second kappa shape index (κ2) is 8.27. The molecule has 0 aliphatic carbocycles. The molecule has 2 heterocycles. The van der Waals surface area contributed by atoms with Crippen molar-refractivity contribution in [1.82, 2.24) is 9.55 Å². The second-order valence-electron chi connectivity index (χ2n) is 7.56. The largest absolute Gasteiger partial charge is 0.497 e. The van der Waals surface area contributed by atoms with Crippen LogP contribution in [0.25, 0.3) is 27.7 Å². The van der Waals surface area contributed by atoms with Gasteiger partial charge in [0.05, 0.1) is 23.7 Å². The molecule has 5 aromatic rings. The third-order valence-electron chi connectivity index (χ3n) is 5.47. The molecule has 5 rings (SSSR count). The average molecular weight is 440 g/mol. The smallest absolute Gasteiger partial charge is 0.338 e. The van der Waals surface area contributed by atoms with Crippen LogP contribution in [-0.2, 0) is 11.3 Å². The third kappa shape index (κ3) is 3.85. The van der Waals surface area contributed by atoms with E-state index in [2.05, 4.69) is 4.98 Å². The van der Waals surface area contributed by atoms with E-state index in [1.807, 2.05) is 47.9 Å². The molecule has 0 N–H and O–H groups in total. The molecule has 0 amide bonds. The lowest BCUT2D eigenvalue weighted by molar-refractivity contribution is 0.0474. The minimum absolute atomic E-state index is 0.0667. The van der Waals surface area contributed by atoms with Crippen LogP contribution in [0.3, 0.4) is 0 Å². The molecular weight excluding hydrogens is 420 g/mol. The number of fused-ring (bicyclic) bond motifs is 2. The van der Waals surface area contributed by atoms with E-state index in [4.69, 9.17) is 13.9 Å². The van der Waals surface area contributed by atoms with E-state index in [0.29, 0.717) is 33.4 Å². The minimum atomic E-state index is -0.523. The molecule has 33 heavy (non-hydrogen) atoms. The number of benzene rings is 3. The van der Waals surface area contributed by atoms with Crippen LogP contribution in [0, 0.1) is 6.92 Å². The zero-order chi connectivity index (χ0) is 22.9. The summed E-state index contributed by atoms with van der Waals surface area (Å²) < 4.78 is 18.0. The summed E-state index contributed by atoms with van der Waals surface area (Å²) in [6.07, 6.45) is 0. The Morgan fingerprint density at radius 3 is 2.64 bits per heavy atom. The van der Waals surface area contributed by atoms with E-state index in [1.165, 1.54) is 13.2 Å². The summed E-state index contributed by atoms with van der Waals surface area (Å²) in [6.45, 7) is 1.86. The molecule has 0 fully saturated rings. The third-order valence-corrected chi connectivity index (χ3v) is 5.47. The fraction of sp³-hybridized carbons (Fsp3) is 0.115. The Labute approximate surface area is 188 Å². The van der Waals surface area contributed by atoms with Crippen LogP contribution in [-0.4, -0.2) is 22.6 Å². The van der Waals surface area contributed by atoms with E-state index >= 15 is 0 Å². The molecule has 0 radical (unpaired) electrons. The molecule has 3 aromatic carbocycles. The highest BCUT2D eigenvalue weighted by atomic mass is 16.5. The summed E-state index contributed by atoms with van der Waals surface area (Å²) in [5.41, 5.74) is 3.39. The first kappa shape index (κ1) is 20.5. The van der Waals surface area contributed by atoms with Gasteiger partial charge >= 0.3 is 11.6 Å². The Hall–Kier alpha value is -4.39. The Morgan fingerprint density at radius 2 is 1.85 bits per heavy atom. The predicted molar refractivity (Wildman–Crippen MR) is 124 cm³/mol. The number of carbonyl (C=O) groups is 1. The molecule has 7 nitrogen and oxygen atoms in total. The number of nitrogens with zero attached hydrogens (tertiary/aromatic N) is 2. The Morgan fingerprint density at radius 1 is 1.03 bits per heavy atom. The lowest BCUT2D eigenvalue weighted by Crippen LogP contribution is -2.08. The van der Waals surface area contributed by atoms with Gasteiger partial charge in [-0.3, -0.25) is 4.57 Å². The van der Waals surface area contributed by atoms with Gasteiger partial charge < -0.3 is 13.9 Å². The highest BCUT2D eigenvalue weighted by molar-refractivity contribution is 5.94. The first-order valence-electron chi connectivity index (χ1n) is 10.4. The van der Waals surface area contributed by atoms with Gasteiger partial charge in [0.2, 0.25) is 0 Å². The van der Waals surface area contributed by atoms with Gasteiger partial charge in [-0.2, -0.15) is 0 Å². The number of methoxy groups -OCH3 is 1. The van der Waals surface area contributed by atoms with Crippen LogP contribution in [0.5, 0.6) is 5.75 Å². The zero-order valence-corrected chi connectivity index (χ0v) is 18.1. The van der Waals surface area contributed by atoms with Crippen molar-refractivity contribution >= 4 is 28.0 Å². The number of carbonyl (C=O) groups excluding carboxylic acids is 1. The van der Waals surface area contributed by atoms with E-state index in [0.717, 1.165) is 17.0 Å². The van der Waals surface area contributed by atoms with Crippen molar-refractivity contribution in [3.05, 3.63) is 100 Å². The van der Waals surface area contributed by atoms with Crippen LogP contribution in [0.1, 0.15) is 21.7 Å². The standard InChI is InChI=1S/C26H20N2O5/c1-16-27-22-12-17(8-11-23(22)28(16)19-6-4-3-5-7-19)26(30)32-15-18-13-25(29)33-24-14-20(31-2)9-10-21(18)24/h3-14H,15H2,1-2H3. The van der Waals surface area contributed by atoms with Crippen LogP contribution in [0.4, 0.5) is 0 Å². The van der Waals surface area contributed by atoms with Crippen molar-refractivity contribution in [1.29, 1.82) is 0 Å². The molecule has 0 aliphatic heterocycles. The van der Waals surface area contributed by atoms with Crippen LogP contribution >= 0.6 is 0 Å². The number of para-hydroxylation sites is 1. The fourth-order valence-corrected chi connectivity index (χ4v) is 3.91. The number of aromatic nitrogens is 2. The first-order chi connectivity index (χ1) is 16.0. The molecule has 0 unspecified atom stereocenters. The summed E-state index contributed by atoms with van der Waals surface area (Å²) >= 11 is 0. The summed E-state index contributed by atoms with van der Waals surface area (Å²) in [6, 6.07) is 21.7. The number of ether oxygens (including phenoxy) is 2. The van der Waals surface area contributed by atoms with Gasteiger partial charge in [0.15, 0.2) is 0 Å². The molecule has 2 aromatic heterocycles. The van der Waals surface area contributed by atoms with E-state index in [1.54, 1.807) is 30.3 Å². The van der Waals surface area contributed by atoms with E-state index in [9.17, 15) is 9.59 Å². The summed E-state index contributed by atoms with van der Waals surface area (Å²) in [5, 5.41) is 0.677. The number of imidazole rings is 1. The summed E-state index contributed by atoms with van der Waals surface area (Å²) in [7, 11) is 1.53. The average Bonchev–Trinajstić information content (AvgIpc) is 3.17. The minimum Gasteiger partial charge on any atom is -0.497 e. The molecule has 7 heteroatoms. The maximum Gasteiger partial charge on any atom is 0.338 e. The SMILES string of the molecule is COc1ccc2c(COC(=O)c3ccc4c(c3)nc(C)n4-c3ccccc3)cc(=O)oc2c1. The zero-order valence-electron chi connectivity index (χ0n) is 18.1. The maximum atomic E-state index is 12.8. The summed E-state index contributed by atoms with van der Waals surface area (Å²) in [5.74, 6) is 0.886. The normalized spacial score (nSPS) is 11.1. The molecule has 0 spiro atoms. The number of hydrogen-bond acceptors (Lipinski definition) is 6. The first-order valence-corrected chi connectivity index (χ1v) is 10.4. The van der Waals surface area contributed by atoms with Gasteiger partial charge in [-0.1, -0.05) is 18.2 Å². The van der Waals surface area contributed by atoms with Gasteiger partial charge in [0.25, 0.3) is 0 Å². The topological polar surface area (TPSA) is 83.6 Å². The molecule has 0 atom stereocenters. The quantitative estimate of drug-likeness (QED) is 0.288. The summed E-state index contributed by atoms with van der Waals surface area (Å²) in [4.78, 5) is 29.3. The Kier molecular flexibility index (Phi) is 5.14.